The van der Waals surface area contributed by atoms with Crippen LogP contribution in [0.15, 0.2) is 5.18 Å². The average Bonchev–Trinajstić information content (AvgIpc) is 1.99. The lowest BCUT2D eigenvalue weighted by Gasteiger charge is -2.26. The molecule has 0 aliphatic carbocycles. The van der Waals surface area contributed by atoms with Crippen molar-refractivity contribution in [2.45, 2.75) is 26.3 Å². The molecule has 0 saturated carbocycles. The highest BCUT2D eigenvalue weighted by Crippen LogP contribution is 2.25. The average molecular weight is 170 g/mol. The smallest absolute Gasteiger partial charge is 0.112 e. The minimum absolute atomic E-state index is 0.153. The maximum Gasteiger partial charge on any atom is 0.112 e. The molecule has 0 spiro atoms. The Bertz CT molecular complexity index is 184. The fraction of sp³-hybridized carbons (Fsp3) is 0.875. The number of nitriles is 1. The minimum Gasteiger partial charge on any atom is -0.384 e. The maximum absolute atomic E-state index is 10.4. The van der Waals surface area contributed by atoms with Crippen molar-refractivity contribution in [2.75, 3.05) is 13.7 Å². The molecule has 4 heteroatoms. The summed E-state index contributed by atoms with van der Waals surface area (Å²) in [5.41, 5.74) is -0.355. The van der Waals surface area contributed by atoms with Gasteiger partial charge in [0.15, 0.2) is 0 Å². The molecule has 0 fully saturated rings. The van der Waals surface area contributed by atoms with Crippen molar-refractivity contribution < 1.29 is 4.74 Å². The van der Waals surface area contributed by atoms with Gasteiger partial charge in [0.1, 0.15) is 6.04 Å². The van der Waals surface area contributed by atoms with E-state index in [1.165, 1.54) is 0 Å². The molecule has 0 N–H and O–H groups in total. The lowest BCUT2D eigenvalue weighted by molar-refractivity contribution is 0.0867. The summed E-state index contributed by atoms with van der Waals surface area (Å²) in [6.07, 6.45) is 0.153. The number of hydrogen-bond donors (Lipinski definition) is 0. The van der Waals surface area contributed by atoms with E-state index in [0.29, 0.717) is 6.61 Å². The van der Waals surface area contributed by atoms with Gasteiger partial charge in [0.25, 0.3) is 0 Å². The Hall–Kier alpha value is -0.950. The van der Waals surface area contributed by atoms with Crippen LogP contribution in [0, 0.1) is 21.7 Å². The van der Waals surface area contributed by atoms with E-state index in [2.05, 4.69) is 5.18 Å². The minimum atomic E-state index is -0.484. The molecule has 0 aromatic heterocycles. The molecular weight excluding hydrogens is 156 g/mol. The van der Waals surface area contributed by atoms with Gasteiger partial charge in [0.05, 0.1) is 19.1 Å². The van der Waals surface area contributed by atoms with E-state index in [9.17, 15) is 4.91 Å². The Morgan fingerprint density at radius 3 is 2.58 bits per heavy atom. The second-order valence-electron chi connectivity index (χ2n) is 3.41. The third kappa shape index (κ3) is 2.97. The molecule has 0 aliphatic rings. The first-order chi connectivity index (χ1) is 5.58. The van der Waals surface area contributed by atoms with Crippen LogP contribution in [0.3, 0.4) is 0 Å². The Labute approximate surface area is 72.5 Å². The Balaban J connectivity index is 4.26. The van der Waals surface area contributed by atoms with Gasteiger partial charge < -0.3 is 4.74 Å². The Morgan fingerprint density at radius 2 is 2.25 bits per heavy atom. The monoisotopic (exact) mass is 170 g/mol. The molecule has 1 unspecified atom stereocenters. The third-order valence-electron chi connectivity index (χ3n) is 1.83. The first kappa shape index (κ1) is 11.1. The number of nitrogens with zero attached hydrogens (tertiary/aromatic N) is 2. The van der Waals surface area contributed by atoms with Crippen LogP contribution in [0.1, 0.15) is 20.3 Å². The highest BCUT2D eigenvalue weighted by atomic mass is 16.5. The molecule has 0 bridgehead atoms. The van der Waals surface area contributed by atoms with Crippen LogP contribution in [0.25, 0.3) is 0 Å². The second kappa shape index (κ2) is 4.83. The zero-order chi connectivity index (χ0) is 9.61. The topological polar surface area (TPSA) is 62.4 Å². The fourth-order valence-electron chi connectivity index (χ4n) is 1.01. The summed E-state index contributed by atoms with van der Waals surface area (Å²) < 4.78 is 4.93. The molecule has 0 aromatic rings. The molecule has 0 heterocycles. The van der Waals surface area contributed by atoms with Gasteiger partial charge in [-0.25, -0.2) is 0 Å². The van der Waals surface area contributed by atoms with Crippen molar-refractivity contribution in [1.82, 2.24) is 0 Å². The maximum atomic E-state index is 10.4. The van der Waals surface area contributed by atoms with Gasteiger partial charge >= 0.3 is 0 Å². The van der Waals surface area contributed by atoms with Gasteiger partial charge in [-0.05, 0) is 0 Å². The molecule has 0 amide bonds. The number of ether oxygens (including phenoxy) is 1. The van der Waals surface area contributed by atoms with Crippen LogP contribution in [0.4, 0.5) is 0 Å². The predicted molar refractivity (Wildman–Crippen MR) is 45.5 cm³/mol. The van der Waals surface area contributed by atoms with Crippen molar-refractivity contribution in [3.63, 3.8) is 0 Å². The van der Waals surface area contributed by atoms with Crippen molar-refractivity contribution in [3.05, 3.63) is 4.91 Å². The van der Waals surface area contributed by atoms with Crippen LogP contribution in [0.2, 0.25) is 0 Å². The number of hydrogen-bond acceptors (Lipinski definition) is 4. The van der Waals surface area contributed by atoms with E-state index >= 15 is 0 Å². The summed E-state index contributed by atoms with van der Waals surface area (Å²) in [6, 6.07) is 1.45. The fourth-order valence-corrected chi connectivity index (χ4v) is 1.01. The Kier molecular flexibility index (Phi) is 4.45. The largest absolute Gasteiger partial charge is 0.384 e. The van der Waals surface area contributed by atoms with Crippen LogP contribution < -0.4 is 0 Å². The van der Waals surface area contributed by atoms with Crippen LogP contribution in [0.5, 0.6) is 0 Å². The van der Waals surface area contributed by atoms with Crippen LogP contribution in [-0.4, -0.2) is 19.8 Å². The normalized spacial score (nSPS) is 13.5. The van der Waals surface area contributed by atoms with Gasteiger partial charge in [-0.15, -0.1) is 0 Å². The number of nitroso groups, excluding NO2 is 1. The highest BCUT2D eigenvalue weighted by Gasteiger charge is 2.30. The standard InChI is InChI=1S/C8H14N2O2/c1-8(2,6-12-3)7(10-11)4-5-9/h7H,4,6H2,1-3H3. The summed E-state index contributed by atoms with van der Waals surface area (Å²) in [5.74, 6) is 0. The SMILES string of the molecule is COCC(C)(C)C(CC#N)N=O. The third-order valence-corrected chi connectivity index (χ3v) is 1.83. The number of methoxy groups -OCH3 is 1. The van der Waals surface area contributed by atoms with Gasteiger partial charge in [-0.1, -0.05) is 19.0 Å². The highest BCUT2D eigenvalue weighted by molar-refractivity contribution is 4.90. The lowest BCUT2D eigenvalue weighted by atomic mass is 9.84. The molecule has 1 atom stereocenters. The molecule has 0 aromatic carbocycles. The quantitative estimate of drug-likeness (QED) is 0.590. The van der Waals surface area contributed by atoms with E-state index < -0.39 is 6.04 Å². The molecule has 0 rings (SSSR count). The van der Waals surface area contributed by atoms with Crippen molar-refractivity contribution in [2.24, 2.45) is 10.6 Å². The van der Waals surface area contributed by atoms with Crippen LogP contribution in [-0.2, 0) is 4.74 Å². The van der Waals surface area contributed by atoms with Gasteiger partial charge in [-0.3, -0.25) is 0 Å². The van der Waals surface area contributed by atoms with Crippen molar-refractivity contribution >= 4 is 0 Å². The zero-order valence-corrected chi connectivity index (χ0v) is 7.70. The molecule has 4 nitrogen and oxygen atoms in total. The summed E-state index contributed by atoms with van der Waals surface area (Å²) in [5, 5.41) is 11.3. The summed E-state index contributed by atoms with van der Waals surface area (Å²) in [6.45, 7) is 4.16. The van der Waals surface area contributed by atoms with E-state index in [1.54, 1.807) is 7.11 Å². The van der Waals surface area contributed by atoms with E-state index in [0.717, 1.165) is 0 Å². The molecule has 0 radical (unpaired) electrons. The molecule has 0 saturated heterocycles. The van der Waals surface area contributed by atoms with Crippen molar-refractivity contribution in [1.29, 1.82) is 5.26 Å². The predicted octanol–water partition coefficient (Wildman–Crippen LogP) is 1.71. The second-order valence-corrected chi connectivity index (χ2v) is 3.41. The molecule has 68 valence electrons. The van der Waals surface area contributed by atoms with Gasteiger partial charge in [-0.2, -0.15) is 10.2 Å². The first-order valence-corrected chi connectivity index (χ1v) is 3.77. The lowest BCUT2D eigenvalue weighted by Crippen LogP contribution is -2.31. The summed E-state index contributed by atoms with van der Waals surface area (Å²) >= 11 is 0. The van der Waals surface area contributed by atoms with E-state index in [-0.39, 0.29) is 11.8 Å². The molecule has 12 heavy (non-hydrogen) atoms. The van der Waals surface area contributed by atoms with Crippen molar-refractivity contribution in [3.8, 4) is 6.07 Å². The summed E-state index contributed by atoms with van der Waals surface area (Å²) in [7, 11) is 1.57. The summed E-state index contributed by atoms with van der Waals surface area (Å²) in [4.78, 5) is 10.4. The molecule has 0 aliphatic heterocycles. The van der Waals surface area contributed by atoms with E-state index in [1.807, 2.05) is 19.9 Å². The zero-order valence-electron chi connectivity index (χ0n) is 7.70. The molecular formula is C8H14N2O2. The van der Waals surface area contributed by atoms with Crippen LogP contribution >= 0.6 is 0 Å². The van der Waals surface area contributed by atoms with Gasteiger partial charge in [0.2, 0.25) is 0 Å². The first-order valence-electron chi connectivity index (χ1n) is 3.77. The Morgan fingerprint density at radius 1 is 1.67 bits per heavy atom. The number of rotatable bonds is 5. The van der Waals surface area contributed by atoms with E-state index in [4.69, 9.17) is 10.00 Å². The van der Waals surface area contributed by atoms with Gasteiger partial charge in [0, 0.05) is 12.5 Å².